The summed E-state index contributed by atoms with van der Waals surface area (Å²) in [7, 11) is 0. The molecule has 2 nitrogen and oxygen atoms in total. The van der Waals surface area contributed by atoms with Gasteiger partial charge in [0.15, 0.2) is 0 Å². The molecule has 0 amide bonds. The molecule has 1 unspecified atom stereocenters. The predicted octanol–water partition coefficient (Wildman–Crippen LogP) is 3.02. The highest BCUT2D eigenvalue weighted by Gasteiger charge is 2.48. The molecular weight excluding hydrogens is 234 g/mol. The maximum absolute atomic E-state index is 12.6. The van der Waals surface area contributed by atoms with Crippen LogP contribution in [0, 0.1) is 35.5 Å². The second kappa shape index (κ2) is 4.87. The van der Waals surface area contributed by atoms with Gasteiger partial charge in [0.1, 0.15) is 5.78 Å². The summed E-state index contributed by atoms with van der Waals surface area (Å²) in [4.78, 5) is 12.6. The minimum Gasteiger partial charge on any atom is -0.316 e. The molecular formula is C17H27NO. The van der Waals surface area contributed by atoms with Gasteiger partial charge >= 0.3 is 0 Å². The molecule has 4 aliphatic carbocycles. The molecule has 1 heterocycles. The Labute approximate surface area is 116 Å². The minimum atomic E-state index is 0.339. The molecule has 5 aliphatic rings. The molecule has 5 rings (SSSR count). The average molecular weight is 261 g/mol. The van der Waals surface area contributed by atoms with E-state index in [2.05, 4.69) is 5.32 Å². The van der Waals surface area contributed by atoms with Crippen molar-refractivity contribution in [1.82, 2.24) is 5.32 Å². The normalized spacial score (nSPS) is 48.4. The number of hydrogen-bond acceptors (Lipinski definition) is 2. The van der Waals surface area contributed by atoms with Crippen LogP contribution in [0.15, 0.2) is 0 Å². The van der Waals surface area contributed by atoms with Crippen molar-refractivity contribution >= 4 is 5.78 Å². The fraction of sp³-hybridized carbons (Fsp3) is 0.941. The number of Topliss-reactive ketones (excluding diaryl/α,β-unsaturated/α-hetero) is 1. The van der Waals surface area contributed by atoms with E-state index in [9.17, 15) is 4.79 Å². The molecule has 106 valence electrons. The highest BCUT2D eigenvalue weighted by Crippen LogP contribution is 2.57. The summed E-state index contributed by atoms with van der Waals surface area (Å²) in [6, 6.07) is 0. The molecule has 4 bridgehead atoms. The zero-order chi connectivity index (χ0) is 12.8. The topological polar surface area (TPSA) is 29.1 Å². The van der Waals surface area contributed by atoms with Crippen LogP contribution in [0.5, 0.6) is 0 Å². The van der Waals surface area contributed by atoms with Gasteiger partial charge in [-0.15, -0.1) is 0 Å². The second-order valence-corrected chi connectivity index (χ2v) is 7.81. The quantitative estimate of drug-likeness (QED) is 0.846. The lowest BCUT2D eigenvalue weighted by Crippen LogP contribution is -2.46. The van der Waals surface area contributed by atoms with E-state index in [4.69, 9.17) is 0 Å². The Morgan fingerprint density at radius 2 is 1.68 bits per heavy atom. The standard InChI is InChI=1S/C17H27NO/c19-17(13-2-1-3-18-10-13)9-16-14-5-11-4-12(7-14)8-15(16)6-11/h11-16,18H,1-10H2. The third-order valence-electron chi connectivity index (χ3n) is 6.61. The van der Waals surface area contributed by atoms with Crippen molar-refractivity contribution in [3.63, 3.8) is 0 Å². The molecule has 1 aliphatic heterocycles. The lowest BCUT2D eigenvalue weighted by atomic mass is 9.51. The van der Waals surface area contributed by atoms with Crippen molar-refractivity contribution < 1.29 is 4.79 Å². The zero-order valence-corrected chi connectivity index (χ0v) is 11.9. The van der Waals surface area contributed by atoms with Gasteiger partial charge in [-0.25, -0.2) is 0 Å². The first-order valence-electron chi connectivity index (χ1n) is 8.53. The number of carbonyl (C=O) groups is 1. The van der Waals surface area contributed by atoms with Crippen molar-refractivity contribution in [1.29, 1.82) is 0 Å². The predicted molar refractivity (Wildman–Crippen MR) is 75.8 cm³/mol. The van der Waals surface area contributed by atoms with Crippen LogP contribution in [0.25, 0.3) is 0 Å². The van der Waals surface area contributed by atoms with Gasteiger partial charge in [-0.3, -0.25) is 4.79 Å². The molecule has 2 heteroatoms. The third kappa shape index (κ3) is 2.26. The molecule has 19 heavy (non-hydrogen) atoms. The van der Waals surface area contributed by atoms with E-state index in [1.807, 2.05) is 0 Å². The van der Waals surface area contributed by atoms with Crippen LogP contribution in [0.2, 0.25) is 0 Å². The average Bonchev–Trinajstić information content (AvgIpc) is 2.43. The van der Waals surface area contributed by atoms with Gasteiger partial charge in [-0.1, -0.05) is 0 Å². The Bertz CT molecular complexity index is 330. The summed E-state index contributed by atoms with van der Waals surface area (Å²) in [6.45, 7) is 2.06. The summed E-state index contributed by atoms with van der Waals surface area (Å²) in [6.07, 6.45) is 10.6. The summed E-state index contributed by atoms with van der Waals surface area (Å²) in [5.74, 6) is 5.58. The van der Waals surface area contributed by atoms with Crippen molar-refractivity contribution in [3.05, 3.63) is 0 Å². The van der Waals surface area contributed by atoms with Crippen LogP contribution < -0.4 is 5.32 Å². The van der Waals surface area contributed by atoms with Crippen molar-refractivity contribution in [2.75, 3.05) is 13.1 Å². The van der Waals surface area contributed by atoms with Gasteiger partial charge in [0.05, 0.1) is 0 Å². The molecule has 1 atom stereocenters. The molecule has 0 aromatic heterocycles. The van der Waals surface area contributed by atoms with E-state index in [0.717, 1.165) is 55.5 Å². The fourth-order valence-corrected chi connectivity index (χ4v) is 5.90. The summed E-state index contributed by atoms with van der Waals surface area (Å²) in [5.41, 5.74) is 0. The maximum Gasteiger partial charge on any atom is 0.137 e. The second-order valence-electron chi connectivity index (χ2n) is 7.81. The highest BCUT2D eigenvalue weighted by atomic mass is 16.1. The first kappa shape index (κ1) is 12.4. The van der Waals surface area contributed by atoms with Gasteiger partial charge < -0.3 is 5.32 Å². The first-order valence-corrected chi connectivity index (χ1v) is 8.53. The smallest absolute Gasteiger partial charge is 0.137 e. The molecule has 1 saturated heterocycles. The van der Waals surface area contributed by atoms with Gasteiger partial charge in [-0.05, 0) is 81.1 Å². The lowest BCUT2D eigenvalue weighted by molar-refractivity contribution is -0.128. The zero-order valence-electron chi connectivity index (χ0n) is 11.9. The number of hydrogen-bond donors (Lipinski definition) is 1. The Morgan fingerprint density at radius 3 is 2.26 bits per heavy atom. The SMILES string of the molecule is O=C(CC1C2CC3CC(C2)CC1C3)C1CCCNC1. The van der Waals surface area contributed by atoms with Gasteiger partial charge in [0.25, 0.3) is 0 Å². The fourth-order valence-electron chi connectivity index (χ4n) is 5.90. The molecule has 5 fully saturated rings. The molecule has 0 aromatic carbocycles. The largest absolute Gasteiger partial charge is 0.316 e. The number of ketones is 1. The van der Waals surface area contributed by atoms with Crippen LogP contribution in [-0.4, -0.2) is 18.9 Å². The van der Waals surface area contributed by atoms with E-state index < -0.39 is 0 Å². The molecule has 4 saturated carbocycles. The number of rotatable bonds is 3. The van der Waals surface area contributed by atoms with Gasteiger partial charge in [0.2, 0.25) is 0 Å². The van der Waals surface area contributed by atoms with E-state index in [1.165, 1.54) is 38.5 Å². The third-order valence-corrected chi connectivity index (χ3v) is 6.61. The Hall–Kier alpha value is -0.370. The van der Waals surface area contributed by atoms with Crippen LogP contribution in [0.4, 0.5) is 0 Å². The molecule has 0 spiro atoms. The van der Waals surface area contributed by atoms with E-state index >= 15 is 0 Å². The lowest BCUT2D eigenvalue weighted by Gasteiger charge is -2.54. The Balaban J connectivity index is 1.41. The van der Waals surface area contributed by atoms with Gasteiger partial charge in [-0.2, -0.15) is 0 Å². The summed E-state index contributed by atoms with van der Waals surface area (Å²) < 4.78 is 0. The highest BCUT2D eigenvalue weighted by molar-refractivity contribution is 5.81. The first-order chi connectivity index (χ1) is 9.29. The Kier molecular flexibility index (Phi) is 3.17. The molecule has 0 aromatic rings. The van der Waals surface area contributed by atoms with Crippen LogP contribution in [-0.2, 0) is 4.79 Å². The monoisotopic (exact) mass is 261 g/mol. The van der Waals surface area contributed by atoms with Gasteiger partial charge in [0, 0.05) is 18.9 Å². The van der Waals surface area contributed by atoms with Crippen LogP contribution >= 0.6 is 0 Å². The summed E-state index contributed by atoms with van der Waals surface area (Å²) in [5, 5.41) is 3.40. The number of nitrogens with one attached hydrogen (secondary N) is 1. The van der Waals surface area contributed by atoms with E-state index in [1.54, 1.807) is 0 Å². The van der Waals surface area contributed by atoms with Crippen LogP contribution in [0.1, 0.15) is 51.4 Å². The summed E-state index contributed by atoms with van der Waals surface area (Å²) >= 11 is 0. The molecule has 0 radical (unpaired) electrons. The maximum atomic E-state index is 12.6. The van der Waals surface area contributed by atoms with Crippen molar-refractivity contribution in [3.8, 4) is 0 Å². The van der Waals surface area contributed by atoms with Crippen molar-refractivity contribution in [2.45, 2.75) is 51.4 Å². The minimum absolute atomic E-state index is 0.339. The Morgan fingerprint density at radius 1 is 1.00 bits per heavy atom. The van der Waals surface area contributed by atoms with Crippen molar-refractivity contribution in [2.24, 2.45) is 35.5 Å². The van der Waals surface area contributed by atoms with E-state index in [-0.39, 0.29) is 0 Å². The van der Waals surface area contributed by atoms with Crippen LogP contribution in [0.3, 0.4) is 0 Å². The number of piperidine rings is 1. The molecule has 1 N–H and O–H groups in total. The number of carbonyl (C=O) groups excluding carboxylic acids is 1. The van der Waals surface area contributed by atoms with E-state index in [0.29, 0.717) is 11.7 Å².